The van der Waals surface area contributed by atoms with Crippen molar-refractivity contribution in [1.82, 2.24) is 0 Å². The maximum absolute atomic E-state index is 13.3. The third kappa shape index (κ3) is 9.45. The third-order valence-corrected chi connectivity index (χ3v) is 8.81. The molecule has 3 heterocycles. The van der Waals surface area contributed by atoms with E-state index >= 15 is 0 Å². The van der Waals surface area contributed by atoms with Crippen LogP contribution in [0, 0.1) is 5.92 Å². The monoisotopic (exact) mass is 758 g/mol. The number of rotatable bonds is 14. The van der Waals surface area contributed by atoms with Crippen LogP contribution in [0.3, 0.4) is 0 Å². The molecule has 12 atom stereocenters. The van der Waals surface area contributed by atoms with E-state index in [4.69, 9.17) is 47.7 Å². The molecule has 1 aromatic rings. The molecular formula is C34H46O19. The minimum absolute atomic E-state index is 0.0273. The first-order valence-electron chi connectivity index (χ1n) is 16.4. The molecule has 8 N–H and O–H groups in total. The zero-order valence-corrected chi connectivity index (χ0v) is 29.3. The van der Waals surface area contributed by atoms with Gasteiger partial charge < -0.3 is 83.5 Å². The van der Waals surface area contributed by atoms with Gasteiger partial charge in [-0.1, -0.05) is 18.2 Å². The molecule has 0 amide bonds. The number of carbonyl (C=O) groups is 2. The Bertz CT molecular complexity index is 1470. The summed E-state index contributed by atoms with van der Waals surface area (Å²) in [4.78, 5) is 26.0. The number of aliphatic hydroxyl groups excluding tert-OH is 8. The molecule has 0 spiro atoms. The number of ether oxygens (including phenoxy) is 9. The number of hydrogen-bond donors (Lipinski definition) is 8. The van der Waals surface area contributed by atoms with Crippen molar-refractivity contribution in [2.75, 3.05) is 41.2 Å². The lowest BCUT2D eigenvalue weighted by Crippen LogP contribution is -2.60. The van der Waals surface area contributed by atoms with E-state index in [0.29, 0.717) is 5.56 Å². The van der Waals surface area contributed by atoms with Gasteiger partial charge in [0, 0.05) is 11.5 Å². The summed E-state index contributed by atoms with van der Waals surface area (Å²) in [5.41, 5.74) is 0.629. The largest absolute Gasteiger partial charge is 0.493 e. The van der Waals surface area contributed by atoms with Crippen molar-refractivity contribution in [3.8, 4) is 17.2 Å². The summed E-state index contributed by atoms with van der Waals surface area (Å²) in [5, 5.41) is 81.5. The van der Waals surface area contributed by atoms with Gasteiger partial charge in [-0.2, -0.15) is 0 Å². The number of benzene rings is 1. The van der Waals surface area contributed by atoms with Gasteiger partial charge in [-0.05, 0) is 24.6 Å². The molecule has 1 aromatic carbocycles. The van der Waals surface area contributed by atoms with Gasteiger partial charge in [0.25, 0.3) is 0 Å². The summed E-state index contributed by atoms with van der Waals surface area (Å²) in [6.45, 7) is -0.0375. The Kier molecular flexibility index (Phi) is 15.0. The fraction of sp³-hybridized carbons (Fsp3) is 0.588. The van der Waals surface area contributed by atoms with Crippen molar-refractivity contribution in [3.05, 3.63) is 47.3 Å². The summed E-state index contributed by atoms with van der Waals surface area (Å²) < 4.78 is 49.4. The topological polar surface area (TPSA) is 279 Å². The average molecular weight is 759 g/mol. The van der Waals surface area contributed by atoms with Crippen LogP contribution in [-0.2, 0) is 38.0 Å². The molecule has 0 bridgehead atoms. The zero-order valence-electron chi connectivity index (χ0n) is 29.3. The van der Waals surface area contributed by atoms with Crippen molar-refractivity contribution in [1.29, 1.82) is 0 Å². The second kappa shape index (κ2) is 18.9. The van der Waals surface area contributed by atoms with E-state index in [1.54, 1.807) is 25.1 Å². The van der Waals surface area contributed by atoms with Crippen molar-refractivity contribution in [3.63, 3.8) is 0 Å². The number of esters is 2. The van der Waals surface area contributed by atoms with E-state index in [0.717, 1.165) is 13.4 Å². The highest BCUT2D eigenvalue weighted by molar-refractivity contribution is 5.90. The number of allylic oxidation sites excluding steroid dienone is 1. The molecule has 2 saturated heterocycles. The molecule has 0 aliphatic carbocycles. The van der Waals surface area contributed by atoms with Gasteiger partial charge in [0.15, 0.2) is 17.8 Å². The normalized spacial score (nSPS) is 33.9. The average Bonchev–Trinajstić information content (AvgIpc) is 3.16. The smallest absolute Gasteiger partial charge is 0.337 e. The lowest BCUT2D eigenvalue weighted by Gasteiger charge is -2.42. The SMILES string of the molecule is C/C=C1\[C@H](O[C@@H]2O[C@H](CO)[C@@H](O)[C@H](O)[C@H]2O)OC=C(C(=O)OC)[C@H]1CC(=O)OC[C@H]1O[C@@H](Oc2c(OC)cc(/C=C\CO)cc2OC)[C@H](O)[C@@H](O)[C@@H]1O. The molecule has 2 fully saturated rings. The molecule has 296 valence electrons. The maximum atomic E-state index is 13.3. The molecule has 4 rings (SSSR count). The van der Waals surface area contributed by atoms with Crippen LogP contribution in [0.5, 0.6) is 17.2 Å². The van der Waals surface area contributed by atoms with Crippen LogP contribution in [0.2, 0.25) is 0 Å². The molecule has 0 saturated carbocycles. The van der Waals surface area contributed by atoms with Crippen LogP contribution in [0.25, 0.3) is 6.08 Å². The molecular weight excluding hydrogens is 712 g/mol. The molecule has 19 nitrogen and oxygen atoms in total. The Morgan fingerprint density at radius 3 is 2.00 bits per heavy atom. The number of aliphatic hydroxyl groups is 8. The van der Waals surface area contributed by atoms with Crippen LogP contribution in [0.15, 0.2) is 41.7 Å². The predicted octanol–water partition coefficient (Wildman–Crippen LogP) is -2.38. The van der Waals surface area contributed by atoms with E-state index in [1.807, 2.05) is 0 Å². The van der Waals surface area contributed by atoms with Crippen LogP contribution in [0.4, 0.5) is 0 Å². The fourth-order valence-corrected chi connectivity index (χ4v) is 5.89. The fourth-order valence-electron chi connectivity index (χ4n) is 5.89. The van der Waals surface area contributed by atoms with Crippen molar-refractivity contribution in [2.24, 2.45) is 5.92 Å². The third-order valence-electron chi connectivity index (χ3n) is 8.81. The van der Waals surface area contributed by atoms with Crippen LogP contribution in [0.1, 0.15) is 18.9 Å². The van der Waals surface area contributed by atoms with E-state index < -0.39 is 105 Å². The van der Waals surface area contributed by atoms with Gasteiger partial charge in [0.2, 0.25) is 18.3 Å². The van der Waals surface area contributed by atoms with E-state index in [1.165, 1.54) is 26.4 Å². The maximum Gasteiger partial charge on any atom is 0.337 e. The van der Waals surface area contributed by atoms with Crippen LogP contribution in [-0.4, -0.2) is 162 Å². The number of carbonyl (C=O) groups excluding carboxylic acids is 2. The molecule has 0 unspecified atom stereocenters. The Hall–Kier alpha value is -3.86. The predicted molar refractivity (Wildman–Crippen MR) is 176 cm³/mol. The van der Waals surface area contributed by atoms with Crippen LogP contribution < -0.4 is 14.2 Å². The highest BCUT2D eigenvalue weighted by Crippen LogP contribution is 2.41. The molecule has 0 radical (unpaired) electrons. The summed E-state index contributed by atoms with van der Waals surface area (Å²) in [6.07, 6.45) is -12.9. The summed E-state index contributed by atoms with van der Waals surface area (Å²) in [6, 6.07) is 3.10. The summed E-state index contributed by atoms with van der Waals surface area (Å²) in [5.74, 6) is -2.64. The minimum atomic E-state index is -1.82. The second-order valence-electron chi connectivity index (χ2n) is 12.1. The Labute approximate surface area is 303 Å². The first-order chi connectivity index (χ1) is 25.3. The van der Waals surface area contributed by atoms with E-state index in [9.17, 15) is 45.3 Å². The molecule has 3 aliphatic rings. The standard InChI is InChI=1S/C34H46O19/c1-5-16-17(18(31(44)47-4)13-49-32(16)53-34-29(43)26(40)24(38)21(12-36)50-34)11-23(37)48-14-22-25(39)27(41)28(42)33(51-22)52-30-19(45-2)9-15(7-6-8-35)10-20(30)46-3/h5-7,9-10,13,17,21-22,24-29,32-36,38-43H,8,11-12,14H2,1-4H3/b7-6-,16-5-/t17-,21+,22+,24+,25+,26-,27-,28+,29+,32-,33-,34-/m0/s1. The summed E-state index contributed by atoms with van der Waals surface area (Å²) in [7, 11) is 3.81. The van der Waals surface area contributed by atoms with Gasteiger partial charge in [0.1, 0.15) is 55.4 Å². The first-order valence-corrected chi connectivity index (χ1v) is 16.4. The lowest BCUT2D eigenvalue weighted by atomic mass is 9.86. The summed E-state index contributed by atoms with van der Waals surface area (Å²) >= 11 is 0. The quantitative estimate of drug-likeness (QED) is 0.0727. The molecule has 3 aliphatic heterocycles. The second-order valence-corrected chi connectivity index (χ2v) is 12.1. The van der Waals surface area contributed by atoms with Crippen LogP contribution >= 0.6 is 0 Å². The molecule has 0 aromatic heterocycles. The van der Waals surface area contributed by atoms with E-state index in [2.05, 4.69) is 0 Å². The number of hydrogen-bond acceptors (Lipinski definition) is 19. The van der Waals surface area contributed by atoms with Gasteiger partial charge in [0.05, 0.1) is 52.8 Å². The van der Waals surface area contributed by atoms with Gasteiger partial charge in [-0.3, -0.25) is 4.79 Å². The zero-order chi connectivity index (χ0) is 39.0. The molecule has 19 heteroatoms. The van der Waals surface area contributed by atoms with Crippen molar-refractivity contribution in [2.45, 2.75) is 81.0 Å². The number of methoxy groups -OCH3 is 3. The van der Waals surface area contributed by atoms with Crippen molar-refractivity contribution >= 4 is 18.0 Å². The Morgan fingerprint density at radius 2 is 1.43 bits per heavy atom. The highest BCUT2D eigenvalue weighted by atomic mass is 16.8. The Morgan fingerprint density at radius 1 is 0.830 bits per heavy atom. The van der Waals surface area contributed by atoms with Crippen molar-refractivity contribution < 1.29 is 93.1 Å². The van der Waals surface area contributed by atoms with E-state index in [-0.39, 0.29) is 35.0 Å². The highest BCUT2D eigenvalue weighted by Gasteiger charge is 2.48. The van der Waals surface area contributed by atoms with Gasteiger partial charge >= 0.3 is 11.9 Å². The first kappa shape index (κ1) is 41.9. The van der Waals surface area contributed by atoms with Gasteiger partial charge in [-0.25, -0.2) is 4.79 Å². The Balaban J connectivity index is 1.48. The lowest BCUT2D eigenvalue weighted by molar-refractivity contribution is -0.327. The minimum Gasteiger partial charge on any atom is -0.493 e. The molecule has 53 heavy (non-hydrogen) atoms. The van der Waals surface area contributed by atoms with Gasteiger partial charge in [-0.15, -0.1) is 0 Å².